The van der Waals surface area contributed by atoms with E-state index in [9.17, 15) is 10.0 Å². The minimum Gasteiger partial charge on any atom is -0.423 e. The van der Waals surface area contributed by atoms with Gasteiger partial charge in [-0.2, -0.15) is 5.10 Å². The smallest absolute Gasteiger partial charge is 0.423 e. The molecule has 96 valence electrons. The van der Waals surface area contributed by atoms with Crippen LogP contribution in [0, 0.1) is 0 Å². The number of fused-ring (bicyclic) bond motifs is 1. The first-order valence-corrected chi connectivity index (χ1v) is 5.87. The number of aromatic nitrogens is 4. The highest BCUT2D eigenvalue weighted by Gasteiger charge is 2.19. The standard InChI is InChI=1S/C12H13BN4O2/c1-16-7-8(6-15-16)11-5-9-10(13(18)19)3-4-14-12(9)17(11)2/h3-7,18-19H,1-2H3. The lowest BCUT2D eigenvalue weighted by Gasteiger charge is -2.02. The summed E-state index contributed by atoms with van der Waals surface area (Å²) in [6.07, 6.45) is 5.25. The second-order valence-electron chi connectivity index (χ2n) is 4.50. The zero-order valence-electron chi connectivity index (χ0n) is 10.6. The van der Waals surface area contributed by atoms with Crippen LogP contribution < -0.4 is 5.46 Å². The van der Waals surface area contributed by atoms with Gasteiger partial charge in [-0.25, -0.2) is 4.98 Å². The molecule has 0 aliphatic heterocycles. The number of hydrogen-bond acceptors (Lipinski definition) is 4. The third-order valence-electron chi connectivity index (χ3n) is 3.24. The van der Waals surface area contributed by atoms with Crippen LogP contribution >= 0.6 is 0 Å². The molecular formula is C12H13BN4O2. The molecule has 19 heavy (non-hydrogen) atoms. The van der Waals surface area contributed by atoms with E-state index in [4.69, 9.17) is 0 Å². The maximum Gasteiger partial charge on any atom is 0.489 e. The lowest BCUT2D eigenvalue weighted by atomic mass is 9.79. The summed E-state index contributed by atoms with van der Waals surface area (Å²) < 4.78 is 3.64. The van der Waals surface area contributed by atoms with E-state index < -0.39 is 7.12 Å². The van der Waals surface area contributed by atoms with Gasteiger partial charge in [-0.15, -0.1) is 0 Å². The molecule has 0 atom stereocenters. The summed E-state index contributed by atoms with van der Waals surface area (Å²) in [5.74, 6) is 0. The highest BCUT2D eigenvalue weighted by molar-refractivity contribution is 6.61. The van der Waals surface area contributed by atoms with Gasteiger partial charge < -0.3 is 14.6 Å². The van der Waals surface area contributed by atoms with Crippen molar-refractivity contribution >= 4 is 23.6 Å². The third-order valence-corrected chi connectivity index (χ3v) is 3.24. The molecule has 3 aromatic heterocycles. The van der Waals surface area contributed by atoms with Crippen LogP contribution in [0.1, 0.15) is 0 Å². The minimum atomic E-state index is -1.50. The molecule has 0 spiro atoms. The van der Waals surface area contributed by atoms with Gasteiger partial charge >= 0.3 is 7.12 Å². The van der Waals surface area contributed by atoms with Gasteiger partial charge in [-0.1, -0.05) is 0 Å². The zero-order valence-corrected chi connectivity index (χ0v) is 10.6. The van der Waals surface area contributed by atoms with E-state index in [1.807, 2.05) is 30.9 Å². The minimum absolute atomic E-state index is 0.454. The SMILES string of the molecule is Cn1cc(-c2cc3c(B(O)O)ccnc3n2C)cn1. The van der Waals surface area contributed by atoms with Crippen molar-refractivity contribution in [2.24, 2.45) is 14.1 Å². The molecule has 3 aromatic rings. The molecule has 3 rings (SSSR count). The van der Waals surface area contributed by atoms with Gasteiger partial charge in [0.25, 0.3) is 0 Å². The molecule has 0 bridgehead atoms. The van der Waals surface area contributed by atoms with Crippen molar-refractivity contribution in [2.45, 2.75) is 0 Å². The fourth-order valence-corrected chi connectivity index (χ4v) is 2.30. The Bertz CT molecular complexity index is 747. The van der Waals surface area contributed by atoms with Gasteiger partial charge in [0.05, 0.1) is 11.9 Å². The largest absolute Gasteiger partial charge is 0.489 e. The molecular weight excluding hydrogens is 243 g/mol. The molecule has 0 saturated heterocycles. The molecule has 6 nitrogen and oxygen atoms in total. The van der Waals surface area contributed by atoms with Crippen LogP contribution in [-0.4, -0.2) is 36.5 Å². The first-order chi connectivity index (χ1) is 9.08. The number of pyridine rings is 1. The number of aryl methyl sites for hydroxylation is 2. The summed E-state index contributed by atoms with van der Waals surface area (Å²) in [6, 6.07) is 3.51. The summed E-state index contributed by atoms with van der Waals surface area (Å²) in [5, 5.41) is 23.7. The van der Waals surface area contributed by atoms with Gasteiger partial charge in [0, 0.05) is 37.4 Å². The molecule has 2 N–H and O–H groups in total. The Hall–Kier alpha value is -2.12. The van der Waals surface area contributed by atoms with E-state index >= 15 is 0 Å². The van der Waals surface area contributed by atoms with E-state index in [-0.39, 0.29) is 0 Å². The van der Waals surface area contributed by atoms with Crippen LogP contribution in [0.15, 0.2) is 30.7 Å². The number of hydrogen-bond donors (Lipinski definition) is 2. The normalized spacial score (nSPS) is 11.2. The maximum atomic E-state index is 9.40. The molecule has 7 heteroatoms. The Morgan fingerprint density at radius 1 is 1.26 bits per heavy atom. The topological polar surface area (TPSA) is 76.1 Å². The van der Waals surface area contributed by atoms with Gasteiger partial charge in [0.15, 0.2) is 0 Å². The summed E-state index contributed by atoms with van der Waals surface area (Å²) in [7, 11) is 2.24. The highest BCUT2D eigenvalue weighted by Crippen LogP contribution is 2.24. The van der Waals surface area contributed by atoms with Crippen LogP contribution in [0.2, 0.25) is 0 Å². The molecule has 0 radical (unpaired) electrons. The lowest BCUT2D eigenvalue weighted by Crippen LogP contribution is -2.30. The summed E-state index contributed by atoms with van der Waals surface area (Å²) in [4.78, 5) is 4.29. The molecule has 3 heterocycles. The van der Waals surface area contributed by atoms with Crippen molar-refractivity contribution in [3.05, 3.63) is 30.7 Å². The lowest BCUT2D eigenvalue weighted by molar-refractivity contribution is 0.426. The van der Waals surface area contributed by atoms with Crippen LogP contribution in [0.5, 0.6) is 0 Å². The predicted octanol–water partition coefficient (Wildman–Crippen LogP) is -0.346. The second-order valence-corrected chi connectivity index (χ2v) is 4.50. The molecule has 0 amide bonds. The van der Waals surface area contributed by atoms with Crippen LogP contribution in [0.25, 0.3) is 22.3 Å². The highest BCUT2D eigenvalue weighted by atomic mass is 16.4. The summed E-state index contributed by atoms with van der Waals surface area (Å²) in [6.45, 7) is 0. The van der Waals surface area contributed by atoms with Crippen molar-refractivity contribution in [1.82, 2.24) is 19.3 Å². The van der Waals surface area contributed by atoms with Crippen LogP contribution in [-0.2, 0) is 14.1 Å². The number of nitrogens with zero attached hydrogens (tertiary/aromatic N) is 4. The average Bonchev–Trinajstić information content (AvgIpc) is 2.93. The Morgan fingerprint density at radius 2 is 2.05 bits per heavy atom. The van der Waals surface area contributed by atoms with Crippen molar-refractivity contribution < 1.29 is 10.0 Å². The Labute approximate surface area is 110 Å². The summed E-state index contributed by atoms with van der Waals surface area (Å²) in [5.41, 5.74) is 3.06. The first kappa shape index (κ1) is 11.9. The van der Waals surface area contributed by atoms with Crippen molar-refractivity contribution in [2.75, 3.05) is 0 Å². The molecule has 0 aliphatic rings. The van der Waals surface area contributed by atoms with Gasteiger partial charge in [0.2, 0.25) is 0 Å². The van der Waals surface area contributed by atoms with E-state index in [2.05, 4.69) is 10.1 Å². The van der Waals surface area contributed by atoms with Crippen LogP contribution in [0.3, 0.4) is 0 Å². The number of rotatable bonds is 2. The van der Waals surface area contributed by atoms with Gasteiger partial charge in [0.1, 0.15) is 5.65 Å². The first-order valence-electron chi connectivity index (χ1n) is 5.87. The average molecular weight is 256 g/mol. The molecule has 0 fully saturated rings. The fraction of sp³-hybridized carbons (Fsp3) is 0.167. The predicted molar refractivity (Wildman–Crippen MR) is 72.7 cm³/mol. The Balaban J connectivity index is 2.28. The Morgan fingerprint density at radius 3 is 2.68 bits per heavy atom. The molecule has 0 saturated carbocycles. The van der Waals surface area contributed by atoms with Gasteiger partial charge in [-0.05, 0) is 17.6 Å². The molecule has 0 aliphatic carbocycles. The van der Waals surface area contributed by atoms with Crippen molar-refractivity contribution in [1.29, 1.82) is 0 Å². The fourth-order valence-electron chi connectivity index (χ4n) is 2.30. The zero-order chi connectivity index (χ0) is 13.6. The van der Waals surface area contributed by atoms with Crippen molar-refractivity contribution in [3.8, 4) is 11.3 Å². The van der Waals surface area contributed by atoms with Gasteiger partial charge in [-0.3, -0.25) is 4.68 Å². The summed E-state index contributed by atoms with van der Waals surface area (Å²) >= 11 is 0. The third kappa shape index (κ3) is 1.83. The van der Waals surface area contributed by atoms with E-state index in [1.54, 1.807) is 23.1 Å². The van der Waals surface area contributed by atoms with E-state index in [0.29, 0.717) is 11.1 Å². The van der Waals surface area contributed by atoms with Crippen molar-refractivity contribution in [3.63, 3.8) is 0 Å². The van der Waals surface area contributed by atoms with E-state index in [0.717, 1.165) is 16.6 Å². The molecule has 0 aromatic carbocycles. The van der Waals surface area contributed by atoms with E-state index in [1.165, 1.54) is 0 Å². The second kappa shape index (κ2) is 4.22. The maximum absolute atomic E-state index is 9.40. The Kier molecular flexibility index (Phi) is 2.65. The quantitative estimate of drug-likeness (QED) is 0.615. The van der Waals surface area contributed by atoms with Crippen LogP contribution in [0.4, 0.5) is 0 Å². The molecule has 0 unspecified atom stereocenters. The monoisotopic (exact) mass is 256 g/mol.